The Balaban J connectivity index is 1.54. The van der Waals surface area contributed by atoms with Gasteiger partial charge in [-0.1, -0.05) is 48.5 Å². The Morgan fingerprint density at radius 1 is 0.929 bits per heavy atom. The van der Waals surface area contributed by atoms with Gasteiger partial charge in [-0.05, 0) is 64.7 Å². The smallest absolute Gasteiger partial charge is 0.402 e. The van der Waals surface area contributed by atoms with Crippen LogP contribution >= 0.6 is 0 Å². The van der Waals surface area contributed by atoms with Crippen molar-refractivity contribution in [2.24, 2.45) is 0 Å². The standard InChI is InChI=1S/C30H42BN3O7S/c1-29(2)30(3,4)41-31(40-29)26(17-11-14-23-12-7-5-8-13-23)32-28(36)25(22-27(35)34-18-20-39-21-19-34)33-42(37,38)24-15-9-6-10-16-24/h5-10,12-13,15-16,25-26,33H,11,14,17-22H2,1-4H3,(H,32,36)/t25-,26-/m0/s1. The second kappa shape index (κ2) is 13.7. The van der Waals surface area contributed by atoms with Crippen molar-refractivity contribution in [3.05, 3.63) is 66.2 Å². The van der Waals surface area contributed by atoms with E-state index < -0.39 is 46.2 Å². The zero-order valence-electron chi connectivity index (χ0n) is 24.9. The van der Waals surface area contributed by atoms with E-state index in [0.29, 0.717) is 32.7 Å². The average molecular weight is 600 g/mol. The molecule has 2 aliphatic heterocycles. The van der Waals surface area contributed by atoms with Crippen molar-refractivity contribution >= 4 is 29.0 Å². The van der Waals surface area contributed by atoms with Crippen LogP contribution in [0.2, 0.25) is 0 Å². The van der Waals surface area contributed by atoms with Gasteiger partial charge in [0.15, 0.2) is 0 Å². The molecule has 0 unspecified atom stereocenters. The van der Waals surface area contributed by atoms with Gasteiger partial charge in [0.05, 0.1) is 41.7 Å². The molecule has 0 radical (unpaired) electrons. The highest BCUT2D eigenvalue weighted by molar-refractivity contribution is 7.89. The summed E-state index contributed by atoms with van der Waals surface area (Å²) in [6.07, 6.45) is 1.70. The predicted molar refractivity (Wildman–Crippen MR) is 160 cm³/mol. The largest absolute Gasteiger partial charge is 0.481 e. The normalized spacial score (nSPS) is 19.7. The highest BCUT2D eigenvalue weighted by atomic mass is 32.2. The molecule has 2 atom stereocenters. The van der Waals surface area contributed by atoms with Crippen molar-refractivity contribution in [2.45, 2.75) is 81.5 Å². The molecule has 0 spiro atoms. The van der Waals surface area contributed by atoms with Crippen LogP contribution in [0, 0.1) is 0 Å². The monoisotopic (exact) mass is 599 g/mol. The minimum Gasteiger partial charge on any atom is -0.402 e. The molecule has 2 fully saturated rings. The molecule has 10 nitrogen and oxygen atoms in total. The second-order valence-electron chi connectivity index (χ2n) is 11.8. The Labute approximate surface area is 249 Å². The Bertz CT molecular complexity index is 1290. The number of rotatable bonds is 12. The number of benzene rings is 2. The van der Waals surface area contributed by atoms with Crippen LogP contribution in [0.25, 0.3) is 0 Å². The van der Waals surface area contributed by atoms with E-state index >= 15 is 0 Å². The molecule has 4 rings (SSSR count). The number of aryl methyl sites for hydroxylation is 1. The Morgan fingerprint density at radius 3 is 2.10 bits per heavy atom. The van der Waals surface area contributed by atoms with Crippen molar-refractivity contribution in [1.29, 1.82) is 0 Å². The van der Waals surface area contributed by atoms with Gasteiger partial charge in [-0.25, -0.2) is 8.42 Å². The number of amides is 2. The molecular formula is C30H42BN3O7S. The predicted octanol–water partition coefficient (Wildman–Crippen LogP) is 2.72. The number of carbonyl (C=O) groups excluding carboxylic acids is 2. The van der Waals surface area contributed by atoms with E-state index in [4.69, 9.17) is 14.0 Å². The highest BCUT2D eigenvalue weighted by Gasteiger charge is 2.54. The first-order valence-electron chi connectivity index (χ1n) is 14.5. The topological polar surface area (TPSA) is 123 Å². The number of sulfonamides is 1. The molecular weight excluding hydrogens is 557 g/mol. The molecule has 0 saturated carbocycles. The lowest BCUT2D eigenvalue weighted by molar-refractivity contribution is -0.138. The number of hydrogen-bond acceptors (Lipinski definition) is 7. The second-order valence-corrected chi connectivity index (χ2v) is 13.5. The van der Waals surface area contributed by atoms with Gasteiger partial charge in [0.2, 0.25) is 21.8 Å². The first-order chi connectivity index (χ1) is 19.9. The van der Waals surface area contributed by atoms with Crippen molar-refractivity contribution in [2.75, 3.05) is 26.3 Å². The van der Waals surface area contributed by atoms with Gasteiger partial charge < -0.3 is 24.3 Å². The molecule has 42 heavy (non-hydrogen) atoms. The van der Waals surface area contributed by atoms with Gasteiger partial charge >= 0.3 is 7.12 Å². The minimum absolute atomic E-state index is 0.00647. The summed E-state index contributed by atoms with van der Waals surface area (Å²) >= 11 is 0. The molecule has 2 aliphatic rings. The lowest BCUT2D eigenvalue weighted by Crippen LogP contribution is -2.56. The molecule has 2 amide bonds. The van der Waals surface area contributed by atoms with E-state index in [1.807, 2.05) is 58.0 Å². The number of nitrogens with zero attached hydrogens (tertiary/aromatic N) is 1. The van der Waals surface area contributed by atoms with Crippen molar-refractivity contribution in [3.8, 4) is 0 Å². The van der Waals surface area contributed by atoms with Crippen LogP contribution in [-0.2, 0) is 40.1 Å². The zero-order chi connectivity index (χ0) is 30.4. The van der Waals surface area contributed by atoms with Crippen LogP contribution in [0.15, 0.2) is 65.6 Å². The number of nitrogens with one attached hydrogen (secondary N) is 2. The first kappa shape index (κ1) is 32.2. The lowest BCUT2D eigenvalue weighted by atomic mass is 9.75. The molecule has 2 heterocycles. The summed E-state index contributed by atoms with van der Waals surface area (Å²) in [4.78, 5) is 28.6. The first-order valence-corrected chi connectivity index (χ1v) is 16.0. The molecule has 2 aromatic carbocycles. The summed E-state index contributed by atoms with van der Waals surface area (Å²) in [6.45, 7) is 9.30. The van der Waals surface area contributed by atoms with E-state index in [2.05, 4.69) is 10.0 Å². The van der Waals surface area contributed by atoms with E-state index in [-0.39, 0.29) is 17.2 Å². The fourth-order valence-electron chi connectivity index (χ4n) is 4.94. The van der Waals surface area contributed by atoms with Crippen LogP contribution in [0.4, 0.5) is 0 Å². The molecule has 228 valence electrons. The summed E-state index contributed by atoms with van der Waals surface area (Å²) in [5.74, 6) is -1.52. The molecule has 0 aliphatic carbocycles. The van der Waals surface area contributed by atoms with Crippen LogP contribution < -0.4 is 10.0 Å². The fourth-order valence-corrected chi connectivity index (χ4v) is 6.16. The minimum atomic E-state index is -4.09. The molecule has 12 heteroatoms. The summed E-state index contributed by atoms with van der Waals surface area (Å²) in [5.41, 5.74) is -0.0810. The molecule has 0 bridgehead atoms. The molecule has 0 aromatic heterocycles. The van der Waals surface area contributed by atoms with Crippen molar-refractivity contribution in [3.63, 3.8) is 0 Å². The average Bonchev–Trinajstić information content (AvgIpc) is 3.19. The highest BCUT2D eigenvalue weighted by Crippen LogP contribution is 2.38. The maximum absolute atomic E-state index is 13.8. The van der Waals surface area contributed by atoms with Crippen LogP contribution in [0.1, 0.15) is 52.5 Å². The maximum atomic E-state index is 13.8. The van der Waals surface area contributed by atoms with Crippen molar-refractivity contribution in [1.82, 2.24) is 14.9 Å². The van der Waals surface area contributed by atoms with Gasteiger partial charge in [-0.3, -0.25) is 9.59 Å². The number of ether oxygens (including phenoxy) is 1. The number of morpholine rings is 1. The summed E-state index contributed by atoms with van der Waals surface area (Å²) < 4.78 is 46.9. The van der Waals surface area contributed by atoms with Crippen LogP contribution in [0.3, 0.4) is 0 Å². The Kier molecular flexibility index (Phi) is 10.5. The third-order valence-corrected chi connectivity index (χ3v) is 9.65. The molecule has 2 aromatic rings. The maximum Gasteiger partial charge on any atom is 0.481 e. The van der Waals surface area contributed by atoms with E-state index in [1.54, 1.807) is 23.1 Å². The third-order valence-electron chi connectivity index (χ3n) is 8.16. The van der Waals surface area contributed by atoms with Crippen LogP contribution in [-0.4, -0.2) is 81.7 Å². The van der Waals surface area contributed by atoms with Gasteiger partial charge in [0.25, 0.3) is 0 Å². The summed E-state index contributed by atoms with van der Waals surface area (Å²) in [6, 6.07) is 16.5. The fraction of sp³-hybridized carbons (Fsp3) is 0.533. The quantitative estimate of drug-likeness (QED) is 0.360. The van der Waals surface area contributed by atoms with E-state index in [9.17, 15) is 18.0 Å². The molecule has 2 saturated heterocycles. The zero-order valence-corrected chi connectivity index (χ0v) is 25.7. The van der Waals surface area contributed by atoms with Crippen LogP contribution in [0.5, 0.6) is 0 Å². The van der Waals surface area contributed by atoms with Gasteiger partial charge in [-0.2, -0.15) is 4.72 Å². The van der Waals surface area contributed by atoms with E-state index in [0.717, 1.165) is 12.8 Å². The van der Waals surface area contributed by atoms with Gasteiger partial charge in [0, 0.05) is 13.1 Å². The summed E-state index contributed by atoms with van der Waals surface area (Å²) in [7, 11) is -4.85. The number of carbonyl (C=O) groups is 2. The lowest BCUT2D eigenvalue weighted by Gasteiger charge is -2.32. The summed E-state index contributed by atoms with van der Waals surface area (Å²) in [5, 5.41) is 2.99. The Morgan fingerprint density at radius 2 is 1.50 bits per heavy atom. The third kappa shape index (κ3) is 8.20. The van der Waals surface area contributed by atoms with Crippen molar-refractivity contribution < 1.29 is 32.1 Å². The van der Waals surface area contributed by atoms with E-state index in [1.165, 1.54) is 17.7 Å². The van der Waals surface area contributed by atoms with Gasteiger partial charge in [-0.15, -0.1) is 0 Å². The Hall–Kier alpha value is -2.77. The van der Waals surface area contributed by atoms with Gasteiger partial charge in [0.1, 0.15) is 6.04 Å². The SMILES string of the molecule is CC1(C)OB([C@H](CCCc2ccccc2)NC(=O)[C@H](CC(=O)N2CCOCC2)NS(=O)(=O)c2ccccc2)OC1(C)C. The number of hydrogen-bond donors (Lipinski definition) is 2. The molecule has 2 N–H and O–H groups in total.